The number of nitrogens with zero attached hydrogens (tertiary/aromatic N) is 2. The number of aryl methyl sites for hydroxylation is 2. The molecule has 3 N–H and O–H groups in total. The highest BCUT2D eigenvalue weighted by Gasteiger charge is 2.35. The summed E-state index contributed by atoms with van der Waals surface area (Å²) < 4.78 is 5.73. The molecule has 2 heterocycles. The van der Waals surface area contributed by atoms with Gasteiger partial charge in [0.25, 0.3) is 0 Å². The van der Waals surface area contributed by atoms with Crippen molar-refractivity contribution in [3.63, 3.8) is 0 Å². The molecule has 1 aromatic carbocycles. The van der Waals surface area contributed by atoms with Crippen molar-refractivity contribution in [2.75, 3.05) is 13.1 Å². The molecule has 0 saturated carbocycles. The third-order valence-electron chi connectivity index (χ3n) is 4.59. The second-order valence-electron chi connectivity index (χ2n) is 6.44. The van der Waals surface area contributed by atoms with Crippen molar-refractivity contribution in [3.05, 3.63) is 46.8 Å². The summed E-state index contributed by atoms with van der Waals surface area (Å²) in [6.07, 6.45) is -1.13. The van der Waals surface area contributed by atoms with E-state index >= 15 is 0 Å². The average Bonchev–Trinajstić information content (AvgIpc) is 3.12. The number of likely N-dealkylation sites (tertiary alicyclic amines) is 1. The zero-order valence-electron chi connectivity index (χ0n) is 14.6. The first-order valence-corrected chi connectivity index (χ1v) is 8.31. The number of amides is 1. The zero-order valence-corrected chi connectivity index (χ0v) is 14.6. The van der Waals surface area contributed by atoms with Crippen LogP contribution in [0.5, 0.6) is 5.75 Å². The minimum atomic E-state index is -1.01. The topological polar surface area (TPSA) is 116 Å². The number of carboxylic acid groups (broad SMARTS) is 1. The van der Waals surface area contributed by atoms with Gasteiger partial charge in [0.05, 0.1) is 30.8 Å². The van der Waals surface area contributed by atoms with Crippen LogP contribution in [0.1, 0.15) is 27.3 Å². The molecule has 26 heavy (non-hydrogen) atoms. The van der Waals surface area contributed by atoms with Crippen LogP contribution in [0.3, 0.4) is 0 Å². The molecule has 1 aliphatic rings. The van der Waals surface area contributed by atoms with Crippen LogP contribution >= 0.6 is 0 Å². The third kappa shape index (κ3) is 3.70. The molecule has 138 valence electrons. The highest BCUT2D eigenvalue weighted by atomic mass is 16.5. The molecule has 2 atom stereocenters. The van der Waals surface area contributed by atoms with Gasteiger partial charge in [0.2, 0.25) is 5.91 Å². The number of benzene rings is 1. The lowest BCUT2D eigenvalue weighted by Gasteiger charge is -2.17. The molecule has 1 saturated heterocycles. The van der Waals surface area contributed by atoms with E-state index in [2.05, 4.69) is 10.2 Å². The first-order chi connectivity index (χ1) is 12.3. The second kappa shape index (κ2) is 7.17. The molecule has 0 aliphatic carbocycles. The highest BCUT2D eigenvalue weighted by molar-refractivity contribution is 5.87. The number of carbonyl (C=O) groups excluding carboxylic acids is 1. The number of β-amino-alcohol motifs (C(OH)–C–C–N with tert-alkyl or cyclic N) is 1. The largest absolute Gasteiger partial charge is 0.486 e. The van der Waals surface area contributed by atoms with E-state index in [0.717, 1.165) is 17.0 Å². The fraction of sp³-hybridized carbons (Fsp3) is 0.389. The van der Waals surface area contributed by atoms with E-state index in [0.29, 0.717) is 5.75 Å². The van der Waals surface area contributed by atoms with Crippen molar-refractivity contribution in [1.29, 1.82) is 0 Å². The van der Waals surface area contributed by atoms with Crippen LogP contribution in [0, 0.1) is 13.8 Å². The third-order valence-corrected chi connectivity index (χ3v) is 4.59. The monoisotopic (exact) mass is 359 g/mol. The Morgan fingerprint density at radius 1 is 1.27 bits per heavy atom. The van der Waals surface area contributed by atoms with Gasteiger partial charge in [0, 0.05) is 11.3 Å². The van der Waals surface area contributed by atoms with Gasteiger partial charge in [0.1, 0.15) is 18.0 Å². The Morgan fingerprint density at radius 3 is 2.54 bits per heavy atom. The molecular formula is C18H21N3O5. The summed E-state index contributed by atoms with van der Waals surface area (Å²) in [6, 6.07) is 5.95. The van der Waals surface area contributed by atoms with Crippen LogP contribution < -0.4 is 4.74 Å². The number of H-pyrrole nitrogens is 1. The molecule has 2 aromatic rings. The van der Waals surface area contributed by atoms with Crippen molar-refractivity contribution in [2.45, 2.75) is 32.5 Å². The fourth-order valence-electron chi connectivity index (χ4n) is 3.02. The van der Waals surface area contributed by atoms with Gasteiger partial charge in [0.15, 0.2) is 0 Å². The summed E-state index contributed by atoms with van der Waals surface area (Å²) in [5, 5.41) is 26.1. The minimum Gasteiger partial charge on any atom is -0.486 e. The van der Waals surface area contributed by atoms with E-state index in [9.17, 15) is 14.7 Å². The minimum absolute atomic E-state index is 0.0935. The van der Waals surface area contributed by atoms with Gasteiger partial charge in [-0.05, 0) is 38.1 Å². The number of carbonyl (C=O) groups is 2. The maximum absolute atomic E-state index is 12.5. The number of aromatic nitrogens is 2. The fourth-order valence-corrected chi connectivity index (χ4v) is 3.02. The molecular weight excluding hydrogens is 338 g/mol. The molecule has 3 rings (SSSR count). The molecule has 0 spiro atoms. The first-order valence-electron chi connectivity index (χ1n) is 8.31. The number of ether oxygens (including phenoxy) is 1. The summed E-state index contributed by atoms with van der Waals surface area (Å²) >= 11 is 0. The van der Waals surface area contributed by atoms with Gasteiger partial charge in [-0.1, -0.05) is 0 Å². The Labute approximate surface area is 150 Å². The van der Waals surface area contributed by atoms with Gasteiger partial charge in [-0.15, -0.1) is 0 Å². The Hall–Kier alpha value is -2.87. The molecule has 1 amide bonds. The number of nitrogens with one attached hydrogen (secondary N) is 1. The Bertz CT molecular complexity index is 795. The predicted molar refractivity (Wildman–Crippen MR) is 92.2 cm³/mol. The van der Waals surface area contributed by atoms with Crippen molar-refractivity contribution < 1.29 is 24.5 Å². The number of aromatic amines is 1. The van der Waals surface area contributed by atoms with E-state index in [1.165, 1.54) is 12.1 Å². The summed E-state index contributed by atoms with van der Waals surface area (Å²) in [5.41, 5.74) is 2.69. The summed E-state index contributed by atoms with van der Waals surface area (Å²) in [4.78, 5) is 25.0. The van der Waals surface area contributed by atoms with Crippen LogP contribution in [0.4, 0.5) is 0 Å². The predicted octanol–water partition coefficient (Wildman–Crippen LogP) is 0.918. The normalized spacial score (nSPS) is 19.6. The molecule has 0 radical (unpaired) electrons. The maximum atomic E-state index is 12.5. The molecule has 8 nitrogen and oxygen atoms in total. The van der Waals surface area contributed by atoms with Crippen LogP contribution in [0.25, 0.3) is 0 Å². The smallest absolute Gasteiger partial charge is 0.335 e. The standard InChI is InChI=1S/C18H21N3O5/c1-10-14(11(2)20-19-10)7-17(23)21-8-15(22)16(9-21)26-13-5-3-12(4-6-13)18(24)25/h3-6,15-16,22H,7-9H2,1-2H3,(H,19,20)(H,24,25)/t15-,16-/m1/s1. The lowest BCUT2D eigenvalue weighted by Crippen LogP contribution is -2.32. The second-order valence-corrected chi connectivity index (χ2v) is 6.44. The average molecular weight is 359 g/mol. The molecule has 1 aromatic heterocycles. The Morgan fingerprint density at radius 2 is 1.96 bits per heavy atom. The summed E-state index contributed by atoms with van der Waals surface area (Å²) in [5.74, 6) is -0.655. The van der Waals surface area contributed by atoms with Crippen LogP contribution in [-0.2, 0) is 11.2 Å². The number of aliphatic hydroxyl groups excluding tert-OH is 1. The lowest BCUT2D eigenvalue weighted by atomic mass is 10.1. The van der Waals surface area contributed by atoms with Crippen molar-refractivity contribution in [3.8, 4) is 5.75 Å². The van der Waals surface area contributed by atoms with E-state index in [1.807, 2.05) is 13.8 Å². The van der Waals surface area contributed by atoms with Crippen molar-refractivity contribution in [1.82, 2.24) is 15.1 Å². The number of aliphatic hydroxyl groups is 1. The van der Waals surface area contributed by atoms with Gasteiger partial charge in [-0.25, -0.2) is 4.79 Å². The van der Waals surface area contributed by atoms with E-state index in [-0.39, 0.29) is 31.0 Å². The Balaban J connectivity index is 1.62. The van der Waals surface area contributed by atoms with Gasteiger partial charge in [-0.2, -0.15) is 5.10 Å². The van der Waals surface area contributed by atoms with Crippen LogP contribution in [-0.4, -0.2) is 62.5 Å². The van der Waals surface area contributed by atoms with Crippen LogP contribution in [0.15, 0.2) is 24.3 Å². The number of aromatic carboxylic acids is 1. The quantitative estimate of drug-likeness (QED) is 0.731. The molecule has 1 aliphatic heterocycles. The van der Waals surface area contributed by atoms with Gasteiger partial charge < -0.3 is 19.8 Å². The lowest BCUT2D eigenvalue weighted by molar-refractivity contribution is -0.129. The maximum Gasteiger partial charge on any atom is 0.335 e. The molecule has 0 bridgehead atoms. The number of hydrogen-bond donors (Lipinski definition) is 3. The first kappa shape index (κ1) is 17.9. The van der Waals surface area contributed by atoms with Crippen molar-refractivity contribution >= 4 is 11.9 Å². The van der Waals surface area contributed by atoms with E-state index in [1.54, 1.807) is 17.0 Å². The number of carboxylic acids is 1. The summed E-state index contributed by atoms with van der Waals surface area (Å²) in [7, 11) is 0. The molecule has 8 heteroatoms. The number of hydrogen-bond acceptors (Lipinski definition) is 5. The number of rotatable bonds is 5. The van der Waals surface area contributed by atoms with Gasteiger partial charge >= 0.3 is 5.97 Å². The van der Waals surface area contributed by atoms with E-state index < -0.39 is 18.2 Å². The zero-order chi connectivity index (χ0) is 18.8. The molecule has 0 unspecified atom stereocenters. The highest BCUT2D eigenvalue weighted by Crippen LogP contribution is 2.21. The van der Waals surface area contributed by atoms with Crippen molar-refractivity contribution in [2.24, 2.45) is 0 Å². The van der Waals surface area contributed by atoms with E-state index in [4.69, 9.17) is 9.84 Å². The summed E-state index contributed by atoms with van der Waals surface area (Å²) in [6.45, 7) is 4.19. The van der Waals surface area contributed by atoms with Crippen LogP contribution in [0.2, 0.25) is 0 Å². The Kier molecular flexibility index (Phi) is 4.94. The van der Waals surface area contributed by atoms with Gasteiger partial charge in [-0.3, -0.25) is 9.89 Å². The SMILES string of the molecule is Cc1n[nH]c(C)c1CC(=O)N1C[C@@H](O)[C@H](Oc2ccc(C(=O)O)cc2)C1. The molecule has 1 fully saturated rings.